The van der Waals surface area contributed by atoms with Crippen LogP contribution in [0.1, 0.15) is 27.2 Å². The molecule has 1 atom stereocenters. The average molecular weight is 330 g/mol. The minimum Gasteiger partial charge on any atom is -0.468 e. The normalized spacial score (nSPS) is 12.6. The van der Waals surface area contributed by atoms with Gasteiger partial charge < -0.3 is 14.8 Å². The zero-order valence-corrected chi connectivity index (χ0v) is 13.9. The molecule has 0 bridgehead atoms. The van der Waals surface area contributed by atoms with Crippen molar-refractivity contribution < 1.29 is 33.4 Å². The molecule has 0 fully saturated rings. The largest absolute Gasteiger partial charge is 0.468 e. The highest BCUT2D eigenvalue weighted by Gasteiger charge is 2.53. The molecule has 23 heavy (non-hydrogen) atoms. The van der Waals surface area contributed by atoms with E-state index in [-0.39, 0.29) is 13.0 Å². The molecule has 0 spiro atoms. The Labute approximate surface area is 134 Å². The lowest BCUT2D eigenvalue weighted by Crippen LogP contribution is -2.57. The van der Waals surface area contributed by atoms with Crippen LogP contribution in [0, 0.1) is 5.41 Å². The molecule has 3 amide bonds. The lowest BCUT2D eigenvalue weighted by Gasteiger charge is -2.31. The summed E-state index contributed by atoms with van der Waals surface area (Å²) >= 11 is 0. The van der Waals surface area contributed by atoms with Gasteiger partial charge in [0, 0.05) is 13.5 Å². The van der Waals surface area contributed by atoms with Gasteiger partial charge in [-0.05, 0) is 13.8 Å². The zero-order chi connectivity index (χ0) is 18.2. The molecule has 1 N–H and O–H groups in total. The fourth-order valence-electron chi connectivity index (χ4n) is 1.99. The summed E-state index contributed by atoms with van der Waals surface area (Å²) in [6.45, 7) is 3.18. The standard InChI is InChI=1S/C14H22N2O7/c1-6-10(18)14(9(3)17,11(19)22-5)8-16(12(20)15-4)13(21)23-7-2/h6-8H2,1-5H3,(H,15,20). The van der Waals surface area contributed by atoms with E-state index in [4.69, 9.17) is 4.74 Å². The molecule has 0 heterocycles. The van der Waals surface area contributed by atoms with Crippen molar-refractivity contribution in [3.63, 3.8) is 0 Å². The van der Waals surface area contributed by atoms with E-state index >= 15 is 0 Å². The highest BCUT2D eigenvalue weighted by atomic mass is 16.6. The van der Waals surface area contributed by atoms with E-state index in [0.717, 1.165) is 14.0 Å². The van der Waals surface area contributed by atoms with Crippen molar-refractivity contribution in [3.8, 4) is 0 Å². The number of nitrogens with zero attached hydrogens (tertiary/aromatic N) is 1. The molecule has 0 radical (unpaired) electrons. The molecule has 0 aliphatic carbocycles. The Morgan fingerprint density at radius 2 is 1.70 bits per heavy atom. The van der Waals surface area contributed by atoms with Gasteiger partial charge in [0.25, 0.3) is 0 Å². The number of esters is 1. The van der Waals surface area contributed by atoms with Crippen molar-refractivity contribution in [3.05, 3.63) is 0 Å². The number of methoxy groups -OCH3 is 1. The second kappa shape index (κ2) is 8.86. The van der Waals surface area contributed by atoms with E-state index in [1.807, 2.05) is 0 Å². The number of urea groups is 1. The smallest absolute Gasteiger partial charge is 0.418 e. The molecule has 130 valence electrons. The molecule has 0 saturated carbocycles. The summed E-state index contributed by atoms with van der Waals surface area (Å²) in [5.41, 5.74) is -2.28. The Morgan fingerprint density at radius 1 is 1.13 bits per heavy atom. The minimum atomic E-state index is -2.28. The number of amides is 3. The first kappa shape index (κ1) is 20.6. The van der Waals surface area contributed by atoms with Crippen LogP contribution in [0.4, 0.5) is 9.59 Å². The molecule has 0 aromatic rings. The zero-order valence-electron chi connectivity index (χ0n) is 13.9. The molecule has 0 aliphatic rings. The van der Waals surface area contributed by atoms with Gasteiger partial charge in [0.05, 0.1) is 20.3 Å². The van der Waals surface area contributed by atoms with Crippen LogP contribution in [0.15, 0.2) is 0 Å². The summed E-state index contributed by atoms with van der Waals surface area (Å²) in [7, 11) is 2.27. The highest BCUT2D eigenvalue weighted by Crippen LogP contribution is 2.26. The van der Waals surface area contributed by atoms with Gasteiger partial charge in [-0.15, -0.1) is 0 Å². The van der Waals surface area contributed by atoms with E-state index in [9.17, 15) is 24.0 Å². The van der Waals surface area contributed by atoms with Crippen LogP contribution in [0.25, 0.3) is 0 Å². The maximum absolute atomic E-state index is 12.3. The summed E-state index contributed by atoms with van der Waals surface area (Å²) in [5.74, 6) is -2.71. The predicted octanol–water partition coefficient (Wildman–Crippen LogP) is 0.512. The lowest BCUT2D eigenvalue weighted by atomic mass is 9.78. The van der Waals surface area contributed by atoms with Crippen molar-refractivity contribution >= 4 is 29.7 Å². The minimum absolute atomic E-state index is 0.0284. The molecule has 0 rings (SSSR count). The fraction of sp³-hybridized carbons (Fsp3) is 0.643. The lowest BCUT2D eigenvalue weighted by molar-refractivity contribution is -0.162. The number of nitrogens with one attached hydrogen (secondary N) is 1. The Bertz CT molecular complexity index is 485. The van der Waals surface area contributed by atoms with Crippen molar-refractivity contribution in [2.45, 2.75) is 27.2 Å². The fourth-order valence-corrected chi connectivity index (χ4v) is 1.99. The molecule has 9 heteroatoms. The number of ether oxygens (including phenoxy) is 2. The summed E-state index contributed by atoms with van der Waals surface area (Å²) in [6, 6.07) is -0.915. The first-order chi connectivity index (χ1) is 10.7. The van der Waals surface area contributed by atoms with Gasteiger partial charge >= 0.3 is 18.1 Å². The predicted molar refractivity (Wildman–Crippen MR) is 78.6 cm³/mol. The summed E-state index contributed by atoms with van der Waals surface area (Å²) < 4.78 is 9.29. The molecule has 0 aromatic heterocycles. The number of imide groups is 1. The van der Waals surface area contributed by atoms with Crippen molar-refractivity contribution in [2.24, 2.45) is 5.41 Å². The van der Waals surface area contributed by atoms with Crippen LogP contribution in [-0.4, -0.2) is 61.9 Å². The van der Waals surface area contributed by atoms with E-state index in [0.29, 0.717) is 4.90 Å². The van der Waals surface area contributed by atoms with Gasteiger partial charge in [-0.25, -0.2) is 14.5 Å². The molecule has 0 aromatic carbocycles. The second-order valence-electron chi connectivity index (χ2n) is 4.57. The van der Waals surface area contributed by atoms with Crippen molar-refractivity contribution in [1.82, 2.24) is 10.2 Å². The first-order valence-electron chi connectivity index (χ1n) is 7.01. The summed E-state index contributed by atoms with van der Waals surface area (Å²) in [6.07, 6.45) is -1.23. The van der Waals surface area contributed by atoms with Gasteiger partial charge in [-0.3, -0.25) is 14.4 Å². The topological polar surface area (TPSA) is 119 Å². The molecular formula is C14H22N2O7. The van der Waals surface area contributed by atoms with Gasteiger partial charge in [-0.2, -0.15) is 0 Å². The third-order valence-electron chi connectivity index (χ3n) is 3.27. The molecule has 0 saturated heterocycles. The van der Waals surface area contributed by atoms with Crippen molar-refractivity contribution in [1.29, 1.82) is 0 Å². The number of Topliss-reactive ketones (excluding diaryl/α,β-unsaturated/α-hetero) is 2. The van der Waals surface area contributed by atoms with Gasteiger partial charge in [0.2, 0.25) is 5.41 Å². The van der Waals surface area contributed by atoms with Gasteiger partial charge in [-0.1, -0.05) is 6.92 Å². The first-order valence-corrected chi connectivity index (χ1v) is 7.01. The van der Waals surface area contributed by atoms with Gasteiger partial charge in [0.1, 0.15) is 0 Å². The monoisotopic (exact) mass is 330 g/mol. The summed E-state index contributed by atoms with van der Waals surface area (Å²) in [5, 5.41) is 2.19. The van der Waals surface area contributed by atoms with Crippen LogP contribution in [0.5, 0.6) is 0 Å². The quantitative estimate of drug-likeness (QED) is 0.533. The second-order valence-corrected chi connectivity index (χ2v) is 4.57. The maximum Gasteiger partial charge on any atom is 0.418 e. The van der Waals surface area contributed by atoms with Crippen LogP contribution < -0.4 is 5.32 Å². The maximum atomic E-state index is 12.3. The van der Waals surface area contributed by atoms with Crippen LogP contribution in [0.2, 0.25) is 0 Å². The Morgan fingerprint density at radius 3 is 2.04 bits per heavy atom. The molecular weight excluding hydrogens is 308 g/mol. The Hall–Kier alpha value is -2.45. The summed E-state index contributed by atoms with van der Waals surface area (Å²) in [4.78, 5) is 60.8. The third-order valence-corrected chi connectivity index (χ3v) is 3.27. The van der Waals surface area contributed by atoms with Crippen LogP contribution >= 0.6 is 0 Å². The number of hydrogen-bond donors (Lipinski definition) is 1. The molecule has 1 unspecified atom stereocenters. The highest BCUT2D eigenvalue weighted by molar-refractivity contribution is 6.22. The Balaban J connectivity index is 6.01. The third kappa shape index (κ3) is 4.27. The number of ketones is 2. The van der Waals surface area contributed by atoms with E-state index in [1.165, 1.54) is 20.9 Å². The number of rotatable bonds is 7. The van der Waals surface area contributed by atoms with Gasteiger partial charge in [0.15, 0.2) is 11.6 Å². The number of carbonyl (C=O) groups excluding carboxylic acids is 5. The number of hydrogen-bond acceptors (Lipinski definition) is 7. The average Bonchev–Trinajstić information content (AvgIpc) is 2.53. The SMILES string of the molecule is CCOC(=O)N(CC(C(C)=O)(C(=O)CC)C(=O)OC)C(=O)NC. The molecule has 0 aliphatic heterocycles. The Kier molecular flexibility index (Phi) is 7.92. The van der Waals surface area contributed by atoms with Crippen molar-refractivity contribution in [2.75, 3.05) is 27.3 Å². The van der Waals surface area contributed by atoms with Crippen LogP contribution in [-0.2, 0) is 23.9 Å². The van der Waals surface area contributed by atoms with Crippen LogP contribution in [0.3, 0.4) is 0 Å². The van der Waals surface area contributed by atoms with E-state index < -0.39 is 41.6 Å². The number of carbonyl (C=O) groups is 5. The van der Waals surface area contributed by atoms with E-state index in [1.54, 1.807) is 0 Å². The van der Waals surface area contributed by atoms with E-state index in [2.05, 4.69) is 10.1 Å². The molecule has 9 nitrogen and oxygen atoms in total.